The highest BCUT2D eigenvalue weighted by Gasteiger charge is 2.25. The number of hydrogen-bond acceptors (Lipinski definition) is 6. The Morgan fingerprint density at radius 2 is 1.77 bits per heavy atom. The number of nitrogens with one attached hydrogen (secondary N) is 1. The van der Waals surface area contributed by atoms with Gasteiger partial charge in [-0.15, -0.1) is 10.2 Å². The van der Waals surface area contributed by atoms with Crippen LogP contribution in [0.25, 0.3) is 11.3 Å². The van der Waals surface area contributed by atoms with Gasteiger partial charge < -0.3 is 15.0 Å². The lowest BCUT2D eigenvalue weighted by Gasteiger charge is -2.31. The van der Waals surface area contributed by atoms with Crippen LogP contribution in [0.1, 0.15) is 18.4 Å². The number of carbonyl (C=O) groups excluding carboxylic acids is 1. The Balaban J connectivity index is 1.27. The monoisotopic (exact) mass is 403 g/mol. The number of hydrogen-bond donors (Lipinski definition) is 1. The second-order valence-corrected chi connectivity index (χ2v) is 7.34. The van der Waals surface area contributed by atoms with Crippen molar-refractivity contribution in [3.8, 4) is 17.0 Å². The maximum absolute atomic E-state index is 12.6. The normalized spacial score (nSPS) is 14.4. The van der Waals surface area contributed by atoms with Gasteiger partial charge in [0.15, 0.2) is 5.82 Å². The number of piperidine rings is 1. The van der Waals surface area contributed by atoms with Crippen molar-refractivity contribution >= 4 is 11.7 Å². The lowest BCUT2D eigenvalue weighted by atomic mass is 9.96. The van der Waals surface area contributed by atoms with Gasteiger partial charge in [-0.3, -0.25) is 9.78 Å². The summed E-state index contributed by atoms with van der Waals surface area (Å²) < 4.78 is 5.16. The Hall–Kier alpha value is -3.48. The molecule has 7 heteroatoms. The molecule has 3 heterocycles. The quantitative estimate of drug-likeness (QED) is 0.681. The second kappa shape index (κ2) is 9.35. The van der Waals surface area contributed by atoms with E-state index in [2.05, 4.69) is 25.4 Å². The first-order valence-corrected chi connectivity index (χ1v) is 10.1. The van der Waals surface area contributed by atoms with Crippen LogP contribution in [0.2, 0.25) is 0 Å². The molecule has 0 bridgehead atoms. The van der Waals surface area contributed by atoms with Crippen LogP contribution < -0.4 is 15.0 Å². The zero-order valence-corrected chi connectivity index (χ0v) is 17.0. The van der Waals surface area contributed by atoms with Gasteiger partial charge in [0.2, 0.25) is 5.91 Å². The van der Waals surface area contributed by atoms with E-state index in [0.717, 1.165) is 54.3 Å². The first-order valence-electron chi connectivity index (χ1n) is 10.1. The van der Waals surface area contributed by atoms with Crippen LogP contribution in [0.15, 0.2) is 60.9 Å². The maximum atomic E-state index is 12.6. The molecule has 2 aromatic heterocycles. The minimum atomic E-state index is 0.0311. The molecule has 0 unspecified atom stereocenters. The molecule has 1 aliphatic heterocycles. The van der Waals surface area contributed by atoms with E-state index in [9.17, 15) is 4.79 Å². The molecule has 0 saturated carbocycles. The number of amides is 1. The van der Waals surface area contributed by atoms with Gasteiger partial charge in [0.05, 0.1) is 12.8 Å². The summed E-state index contributed by atoms with van der Waals surface area (Å²) in [5, 5.41) is 11.8. The van der Waals surface area contributed by atoms with Gasteiger partial charge in [-0.1, -0.05) is 12.1 Å². The molecule has 1 saturated heterocycles. The Kier molecular flexibility index (Phi) is 6.17. The molecule has 0 aliphatic carbocycles. The van der Waals surface area contributed by atoms with Crippen molar-refractivity contribution < 1.29 is 9.53 Å². The summed E-state index contributed by atoms with van der Waals surface area (Å²) in [7, 11) is 1.64. The molecule has 1 amide bonds. The molecule has 3 aromatic rings. The molecule has 1 aliphatic rings. The molecule has 0 atom stereocenters. The third-order valence-electron chi connectivity index (χ3n) is 5.44. The molecule has 1 N–H and O–H groups in total. The number of carbonyl (C=O) groups is 1. The molecule has 7 nitrogen and oxygen atoms in total. The van der Waals surface area contributed by atoms with Crippen molar-refractivity contribution in [3.05, 3.63) is 66.5 Å². The van der Waals surface area contributed by atoms with Gasteiger partial charge in [-0.25, -0.2) is 0 Å². The topological polar surface area (TPSA) is 80.2 Å². The SMILES string of the molecule is COc1ccc(CNC(=O)C2CCN(c3ccc(-c4ccncc4)nn3)CC2)cc1. The minimum absolute atomic E-state index is 0.0311. The fraction of sp³-hybridized carbons (Fsp3) is 0.304. The van der Waals surface area contributed by atoms with Crippen molar-refractivity contribution in [2.45, 2.75) is 19.4 Å². The minimum Gasteiger partial charge on any atom is -0.497 e. The van der Waals surface area contributed by atoms with Gasteiger partial charge in [0.1, 0.15) is 5.75 Å². The van der Waals surface area contributed by atoms with Crippen LogP contribution in [0.5, 0.6) is 5.75 Å². The largest absolute Gasteiger partial charge is 0.497 e. The zero-order chi connectivity index (χ0) is 20.8. The average Bonchev–Trinajstić information content (AvgIpc) is 2.83. The molecule has 1 aromatic carbocycles. The fourth-order valence-corrected chi connectivity index (χ4v) is 3.62. The number of methoxy groups -OCH3 is 1. The molecule has 0 spiro atoms. The molecule has 0 radical (unpaired) electrons. The van der Waals surface area contributed by atoms with E-state index < -0.39 is 0 Å². The van der Waals surface area contributed by atoms with Crippen molar-refractivity contribution in [3.63, 3.8) is 0 Å². The first-order chi connectivity index (χ1) is 14.7. The summed E-state index contributed by atoms with van der Waals surface area (Å²) in [4.78, 5) is 18.8. The third-order valence-corrected chi connectivity index (χ3v) is 5.44. The highest BCUT2D eigenvalue weighted by atomic mass is 16.5. The lowest BCUT2D eigenvalue weighted by molar-refractivity contribution is -0.125. The maximum Gasteiger partial charge on any atom is 0.223 e. The Morgan fingerprint density at radius 1 is 1.03 bits per heavy atom. The molecular weight excluding hydrogens is 378 g/mol. The number of ether oxygens (including phenoxy) is 1. The van der Waals surface area contributed by atoms with Crippen LogP contribution in [-0.2, 0) is 11.3 Å². The van der Waals surface area contributed by atoms with E-state index in [1.54, 1.807) is 19.5 Å². The number of nitrogens with zero attached hydrogens (tertiary/aromatic N) is 4. The van der Waals surface area contributed by atoms with E-state index in [0.29, 0.717) is 6.54 Å². The Morgan fingerprint density at radius 3 is 2.40 bits per heavy atom. The van der Waals surface area contributed by atoms with Crippen LogP contribution >= 0.6 is 0 Å². The summed E-state index contributed by atoms with van der Waals surface area (Å²) in [6.45, 7) is 2.12. The summed E-state index contributed by atoms with van der Waals surface area (Å²) in [6.07, 6.45) is 5.11. The third kappa shape index (κ3) is 4.74. The van der Waals surface area contributed by atoms with Crippen molar-refractivity contribution in [1.29, 1.82) is 0 Å². The summed E-state index contributed by atoms with van der Waals surface area (Å²) >= 11 is 0. The molecule has 4 rings (SSSR count). The first kappa shape index (κ1) is 19.8. The number of pyridine rings is 1. The lowest BCUT2D eigenvalue weighted by Crippen LogP contribution is -2.40. The Labute approximate surface area is 176 Å². The van der Waals surface area contributed by atoms with Crippen molar-refractivity contribution in [2.75, 3.05) is 25.1 Å². The summed E-state index contributed by atoms with van der Waals surface area (Å²) in [5.74, 6) is 1.81. The van der Waals surface area contributed by atoms with E-state index in [-0.39, 0.29) is 11.8 Å². The standard InChI is InChI=1S/C23H25N5O2/c1-30-20-4-2-17(3-5-20)16-25-23(29)19-10-14-28(15-11-19)22-7-6-21(26-27-22)18-8-12-24-13-9-18/h2-9,12-13,19H,10-11,14-16H2,1H3,(H,25,29). The summed E-state index contributed by atoms with van der Waals surface area (Å²) in [5.41, 5.74) is 2.89. The molecule has 1 fully saturated rings. The second-order valence-electron chi connectivity index (χ2n) is 7.34. The highest BCUT2D eigenvalue weighted by Crippen LogP contribution is 2.23. The predicted octanol–water partition coefficient (Wildman–Crippen LogP) is 3.08. The van der Waals surface area contributed by atoms with Crippen LogP contribution in [0.4, 0.5) is 5.82 Å². The van der Waals surface area contributed by atoms with Gasteiger partial charge in [0, 0.05) is 43.5 Å². The molecule has 154 valence electrons. The number of benzene rings is 1. The highest BCUT2D eigenvalue weighted by molar-refractivity contribution is 5.79. The van der Waals surface area contributed by atoms with Crippen LogP contribution in [-0.4, -0.2) is 41.3 Å². The van der Waals surface area contributed by atoms with E-state index >= 15 is 0 Å². The van der Waals surface area contributed by atoms with E-state index in [1.165, 1.54) is 0 Å². The average molecular weight is 403 g/mol. The van der Waals surface area contributed by atoms with Crippen LogP contribution in [0.3, 0.4) is 0 Å². The van der Waals surface area contributed by atoms with Crippen LogP contribution in [0, 0.1) is 5.92 Å². The zero-order valence-electron chi connectivity index (χ0n) is 17.0. The number of rotatable bonds is 6. The number of aromatic nitrogens is 3. The van der Waals surface area contributed by atoms with Gasteiger partial charge in [-0.2, -0.15) is 0 Å². The van der Waals surface area contributed by atoms with E-state index in [1.807, 2.05) is 48.5 Å². The molecule has 30 heavy (non-hydrogen) atoms. The fourth-order valence-electron chi connectivity index (χ4n) is 3.62. The van der Waals surface area contributed by atoms with Gasteiger partial charge in [0.25, 0.3) is 0 Å². The van der Waals surface area contributed by atoms with Gasteiger partial charge >= 0.3 is 0 Å². The van der Waals surface area contributed by atoms with Crippen molar-refractivity contribution in [2.24, 2.45) is 5.92 Å². The predicted molar refractivity (Wildman–Crippen MR) is 115 cm³/mol. The Bertz CT molecular complexity index is 953. The summed E-state index contributed by atoms with van der Waals surface area (Å²) in [6, 6.07) is 15.5. The number of anilines is 1. The molecular formula is C23H25N5O2. The smallest absolute Gasteiger partial charge is 0.223 e. The van der Waals surface area contributed by atoms with Gasteiger partial charge in [-0.05, 0) is 54.8 Å². The van der Waals surface area contributed by atoms with Crippen molar-refractivity contribution in [1.82, 2.24) is 20.5 Å². The van der Waals surface area contributed by atoms with E-state index in [4.69, 9.17) is 4.74 Å².